The second-order valence-electron chi connectivity index (χ2n) is 9.81. The molecule has 2 aromatic heterocycles. The Balaban J connectivity index is 1.23. The van der Waals surface area contributed by atoms with Crippen molar-refractivity contribution >= 4 is 53.3 Å². The normalized spacial score (nSPS) is 11.7. The molecule has 0 saturated heterocycles. The van der Waals surface area contributed by atoms with Crippen LogP contribution in [0, 0.1) is 0 Å². The molecule has 0 aliphatic heterocycles. The van der Waals surface area contributed by atoms with Crippen molar-refractivity contribution in [2.24, 2.45) is 0 Å². The van der Waals surface area contributed by atoms with Crippen molar-refractivity contribution in [3.63, 3.8) is 0 Å². The molecule has 0 radical (unpaired) electrons. The molecule has 2 heterocycles. The van der Waals surface area contributed by atoms with Crippen LogP contribution in [-0.4, -0.2) is 4.57 Å². The average Bonchev–Trinajstić information content (AvgIpc) is 3.52. The molecule has 178 valence electrons. The Bertz CT molecular complexity index is 2110. The summed E-state index contributed by atoms with van der Waals surface area (Å²) in [7, 11) is 0. The van der Waals surface area contributed by atoms with E-state index in [-0.39, 0.29) is 0 Å². The van der Waals surface area contributed by atoms with Crippen LogP contribution in [0.3, 0.4) is 0 Å². The third-order valence-electron chi connectivity index (χ3n) is 7.62. The van der Waals surface area contributed by atoms with Gasteiger partial charge in [-0.15, -0.1) is 11.3 Å². The minimum absolute atomic E-state index is 1.18. The summed E-state index contributed by atoms with van der Waals surface area (Å²) in [6.45, 7) is 0. The number of aromatic nitrogens is 1. The quantitative estimate of drug-likeness (QED) is 0.227. The summed E-state index contributed by atoms with van der Waals surface area (Å²) >= 11 is 1.86. The highest BCUT2D eigenvalue weighted by Gasteiger charge is 2.13. The van der Waals surface area contributed by atoms with Crippen molar-refractivity contribution < 1.29 is 0 Å². The van der Waals surface area contributed by atoms with E-state index in [1.165, 1.54) is 69.9 Å². The van der Waals surface area contributed by atoms with Gasteiger partial charge in [0.15, 0.2) is 0 Å². The lowest BCUT2D eigenvalue weighted by Crippen LogP contribution is -1.93. The topological polar surface area (TPSA) is 4.93 Å². The fraction of sp³-hybridized carbons (Fsp3) is 0. The number of para-hydroxylation sites is 2. The Morgan fingerprint density at radius 2 is 0.947 bits per heavy atom. The molecule has 6 aromatic carbocycles. The molecule has 0 bridgehead atoms. The minimum Gasteiger partial charge on any atom is -0.309 e. The van der Waals surface area contributed by atoms with Crippen LogP contribution in [0.2, 0.25) is 0 Å². The highest BCUT2D eigenvalue weighted by atomic mass is 32.1. The van der Waals surface area contributed by atoms with Crippen LogP contribution in [0.25, 0.3) is 69.9 Å². The second kappa shape index (κ2) is 8.44. The van der Waals surface area contributed by atoms with Crippen molar-refractivity contribution in [3.05, 3.63) is 140 Å². The van der Waals surface area contributed by atoms with Gasteiger partial charge in [-0.1, -0.05) is 97.1 Å². The van der Waals surface area contributed by atoms with Gasteiger partial charge in [0.1, 0.15) is 0 Å². The predicted molar refractivity (Wildman–Crippen MR) is 165 cm³/mol. The number of nitrogens with zero attached hydrogens (tertiary/aromatic N) is 1. The van der Waals surface area contributed by atoms with Crippen LogP contribution >= 0.6 is 11.3 Å². The number of rotatable bonds is 3. The van der Waals surface area contributed by atoms with Gasteiger partial charge in [0.2, 0.25) is 0 Å². The maximum Gasteiger partial charge on any atom is 0.0547 e. The van der Waals surface area contributed by atoms with Gasteiger partial charge >= 0.3 is 0 Å². The Morgan fingerprint density at radius 3 is 1.76 bits per heavy atom. The molecule has 38 heavy (non-hydrogen) atoms. The molecule has 1 nitrogen and oxygen atoms in total. The van der Waals surface area contributed by atoms with Crippen LogP contribution in [0.15, 0.2) is 140 Å². The Morgan fingerprint density at radius 1 is 0.368 bits per heavy atom. The van der Waals surface area contributed by atoms with Gasteiger partial charge in [-0.25, -0.2) is 0 Å². The number of thiophene rings is 1. The Kier molecular flexibility index (Phi) is 4.76. The summed E-state index contributed by atoms with van der Waals surface area (Å²) in [6, 6.07) is 50.7. The molecule has 0 fully saturated rings. The average molecular weight is 502 g/mol. The smallest absolute Gasteiger partial charge is 0.0547 e. The highest BCUT2D eigenvalue weighted by molar-refractivity contribution is 7.25. The molecule has 0 aliphatic rings. The molecule has 2 heteroatoms. The monoisotopic (exact) mass is 501 g/mol. The number of hydrogen-bond donors (Lipinski definition) is 0. The fourth-order valence-corrected chi connectivity index (χ4v) is 6.85. The first kappa shape index (κ1) is 21.4. The fourth-order valence-electron chi connectivity index (χ4n) is 5.77. The first-order valence-electron chi connectivity index (χ1n) is 12.9. The number of benzene rings is 6. The van der Waals surface area contributed by atoms with Crippen molar-refractivity contribution in [1.29, 1.82) is 0 Å². The molecule has 8 aromatic rings. The Labute approximate surface area is 224 Å². The molecule has 0 amide bonds. The van der Waals surface area contributed by atoms with E-state index < -0.39 is 0 Å². The first-order valence-corrected chi connectivity index (χ1v) is 13.8. The van der Waals surface area contributed by atoms with Crippen LogP contribution in [-0.2, 0) is 0 Å². The van der Waals surface area contributed by atoms with Gasteiger partial charge in [-0.3, -0.25) is 0 Å². The lowest BCUT2D eigenvalue weighted by atomic mass is 9.98. The summed E-state index contributed by atoms with van der Waals surface area (Å²) in [5, 5.41) is 5.24. The first-order chi connectivity index (χ1) is 18.8. The molecular formula is C36H23NS. The van der Waals surface area contributed by atoms with E-state index in [1.807, 2.05) is 11.3 Å². The second-order valence-corrected chi connectivity index (χ2v) is 10.9. The third-order valence-corrected chi connectivity index (χ3v) is 8.77. The van der Waals surface area contributed by atoms with Gasteiger partial charge in [0.25, 0.3) is 0 Å². The largest absolute Gasteiger partial charge is 0.309 e. The summed E-state index contributed by atoms with van der Waals surface area (Å²) in [4.78, 5) is 0. The van der Waals surface area contributed by atoms with Crippen molar-refractivity contribution in [3.8, 4) is 27.9 Å². The van der Waals surface area contributed by atoms with E-state index in [2.05, 4.69) is 144 Å². The zero-order valence-corrected chi connectivity index (χ0v) is 21.5. The summed E-state index contributed by atoms with van der Waals surface area (Å²) < 4.78 is 5.06. The van der Waals surface area contributed by atoms with Crippen LogP contribution in [0.5, 0.6) is 0 Å². The van der Waals surface area contributed by atoms with Crippen LogP contribution in [0.4, 0.5) is 0 Å². The van der Waals surface area contributed by atoms with Crippen molar-refractivity contribution in [1.82, 2.24) is 4.57 Å². The summed E-state index contributed by atoms with van der Waals surface area (Å²) in [5.74, 6) is 0. The standard InChI is InChI=1S/C36H23NS/c1-2-8-28(9-3-1)37-33-12-6-4-10-29(33)30-20-18-27(23-34(30)37)25-16-14-24(15-17-25)26-19-21-36-32(22-26)31-11-5-7-13-35(31)38-36/h1-23H. The van der Waals surface area contributed by atoms with Gasteiger partial charge < -0.3 is 4.57 Å². The number of hydrogen-bond acceptors (Lipinski definition) is 1. The van der Waals surface area contributed by atoms with Crippen molar-refractivity contribution in [2.45, 2.75) is 0 Å². The van der Waals surface area contributed by atoms with E-state index in [4.69, 9.17) is 0 Å². The molecule has 8 rings (SSSR count). The van der Waals surface area contributed by atoms with E-state index in [0.717, 1.165) is 0 Å². The summed E-state index contributed by atoms with van der Waals surface area (Å²) in [5.41, 5.74) is 8.59. The maximum absolute atomic E-state index is 2.38. The van der Waals surface area contributed by atoms with Gasteiger partial charge in [0.05, 0.1) is 11.0 Å². The van der Waals surface area contributed by atoms with Gasteiger partial charge in [-0.05, 0) is 64.7 Å². The number of fused-ring (bicyclic) bond motifs is 6. The molecule has 0 aliphatic carbocycles. The zero-order chi connectivity index (χ0) is 25.1. The molecule has 0 unspecified atom stereocenters. The van der Waals surface area contributed by atoms with E-state index in [0.29, 0.717) is 0 Å². The Hall–Kier alpha value is -4.66. The lowest BCUT2D eigenvalue weighted by molar-refractivity contribution is 1.18. The lowest BCUT2D eigenvalue weighted by Gasteiger charge is -2.09. The summed E-state index contributed by atoms with van der Waals surface area (Å²) in [6.07, 6.45) is 0. The maximum atomic E-state index is 2.38. The predicted octanol–water partition coefficient (Wildman–Crippen LogP) is 10.5. The van der Waals surface area contributed by atoms with Gasteiger partial charge in [-0.2, -0.15) is 0 Å². The van der Waals surface area contributed by atoms with Crippen LogP contribution < -0.4 is 0 Å². The minimum atomic E-state index is 1.18. The van der Waals surface area contributed by atoms with Crippen LogP contribution in [0.1, 0.15) is 0 Å². The molecule has 0 saturated carbocycles. The molecule has 0 atom stereocenters. The molecule has 0 N–H and O–H groups in total. The van der Waals surface area contributed by atoms with Gasteiger partial charge in [0, 0.05) is 36.6 Å². The zero-order valence-electron chi connectivity index (χ0n) is 20.6. The highest BCUT2D eigenvalue weighted by Crippen LogP contribution is 2.38. The third kappa shape index (κ3) is 3.31. The van der Waals surface area contributed by atoms with Crippen molar-refractivity contribution in [2.75, 3.05) is 0 Å². The van der Waals surface area contributed by atoms with E-state index >= 15 is 0 Å². The van der Waals surface area contributed by atoms with E-state index in [1.54, 1.807) is 0 Å². The molecule has 0 spiro atoms. The van der Waals surface area contributed by atoms with E-state index in [9.17, 15) is 0 Å². The SMILES string of the molecule is c1ccc(-n2c3ccccc3c3ccc(-c4ccc(-c5ccc6sc7ccccc7c6c5)cc4)cc32)cc1. The molecular weight excluding hydrogens is 478 g/mol.